The predicted molar refractivity (Wildman–Crippen MR) is 41.9 cm³/mol. The maximum Gasteiger partial charge on any atom is 0.209 e. The Balaban J connectivity index is 0. The quantitative estimate of drug-likeness (QED) is 0.549. The Morgan fingerprint density at radius 3 is 2.30 bits per heavy atom. The summed E-state index contributed by atoms with van der Waals surface area (Å²) >= 11 is 0. The van der Waals surface area contributed by atoms with Crippen molar-refractivity contribution in [2.24, 2.45) is 0 Å². The summed E-state index contributed by atoms with van der Waals surface area (Å²) in [6.45, 7) is 5.27. The third-order valence-electron chi connectivity index (χ3n) is 0.828. The second-order valence-electron chi connectivity index (χ2n) is 1.58. The molecule has 0 rings (SSSR count). The van der Waals surface area contributed by atoms with Gasteiger partial charge in [-0.1, -0.05) is 13.8 Å². The van der Waals surface area contributed by atoms with E-state index >= 15 is 0 Å². The van der Waals surface area contributed by atoms with Gasteiger partial charge < -0.3 is 9.64 Å². The molecule has 0 aromatic heterocycles. The highest BCUT2D eigenvalue weighted by Crippen LogP contribution is 1.73. The maximum atomic E-state index is 9.88. The molecule has 10 heavy (non-hydrogen) atoms. The smallest absolute Gasteiger partial charge is 0.209 e. The van der Waals surface area contributed by atoms with Crippen molar-refractivity contribution in [1.82, 2.24) is 4.90 Å². The Labute approximate surface area is 63.0 Å². The van der Waals surface area contributed by atoms with Gasteiger partial charge in [0.05, 0.1) is 6.61 Å². The standard InChI is InChI=1S/C5H11NO2.C2H6/c1-6(5-7)3-4-8-2;1-2/h5H,3-4H2,1-2H3;1-2H3. The van der Waals surface area contributed by atoms with Gasteiger partial charge in [-0.05, 0) is 0 Å². The van der Waals surface area contributed by atoms with E-state index in [2.05, 4.69) is 0 Å². The Morgan fingerprint density at radius 2 is 2.00 bits per heavy atom. The lowest BCUT2D eigenvalue weighted by atomic mass is 10.6. The van der Waals surface area contributed by atoms with Crippen LogP contribution in [0.3, 0.4) is 0 Å². The van der Waals surface area contributed by atoms with E-state index in [9.17, 15) is 4.79 Å². The number of ether oxygens (including phenoxy) is 1. The van der Waals surface area contributed by atoms with E-state index in [1.165, 1.54) is 4.90 Å². The van der Waals surface area contributed by atoms with Crippen molar-refractivity contribution >= 4 is 6.41 Å². The third-order valence-corrected chi connectivity index (χ3v) is 0.828. The van der Waals surface area contributed by atoms with Crippen LogP contribution in [0.1, 0.15) is 13.8 Å². The number of methoxy groups -OCH3 is 1. The summed E-state index contributed by atoms with van der Waals surface area (Å²) in [5, 5.41) is 0. The zero-order chi connectivity index (χ0) is 8.41. The first kappa shape index (κ1) is 12.1. The largest absolute Gasteiger partial charge is 0.383 e. The van der Waals surface area contributed by atoms with Gasteiger partial charge in [-0.3, -0.25) is 4.79 Å². The van der Waals surface area contributed by atoms with E-state index in [1.54, 1.807) is 14.2 Å². The van der Waals surface area contributed by atoms with Crippen molar-refractivity contribution in [3.63, 3.8) is 0 Å². The van der Waals surface area contributed by atoms with Crippen molar-refractivity contribution in [1.29, 1.82) is 0 Å². The Morgan fingerprint density at radius 1 is 1.50 bits per heavy atom. The molecule has 62 valence electrons. The Kier molecular flexibility index (Phi) is 13.7. The highest BCUT2D eigenvalue weighted by atomic mass is 16.5. The second-order valence-corrected chi connectivity index (χ2v) is 1.58. The summed E-state index contributed by atoms with van der Waals surface area (Å²) in [5.41, 5.74) is 0. The van der Waals surface area contributed by atoms with Gasteiger partial charge in [0.15, 0.2) is 0 Å². The molecule has 0 fully saturated rings. The zero-order valence-corrected chi connectivity index (χ0v) is 7.26. The number of rotatable bonds is 4. The molecule has 1 amide bonds. The molecule has 0 atom stereocenters. The van der Waals surface area contributed by atoms with E-state index in [4.69, 9.17) is 4.74 Å². The summed E-state index contributed by atoms with van der Waals surface area (Å²) in [4.78, 5) is 11.4. The third kappa shape index (κ3) is 10.4. The number of amides is 1. The van der Waals surface area contributed by atoms with Crippen LogP contribution in [-0.2, 0) is 9.53 Å². The normalized spacial score (nSPS) is 7.60. The van der Waals surface area contributed by atoms with Crippen molar-refractivity contribution in [3.05, 3.63) is 0 Å². The summed E-state index contributed by atoms with van der Waals surface area (Å²) in [7, 11) is 3.32. The van der Waals surface area contributed by atoms with Gasteiger partial charge in [0.2, 0.25) is 6.41 Å². The van der Waals surface area contributed by atoms with Crippen LogP contribution in [0.25, 0.3) is 0 Å². The van der Waals surface area contributed by atoms with Gasteiger partial charge in [-0.2, -0.15) is 0 Å². The van der Waals surface area contributed by atoms with Crippen molar-refractivity contribution in [2.45, 2.75) is 13.8 Å². The van der Waals surface area contributed by atoms with Crippen molar-refractivity contribution in [2.75, 3.05) is 27.3 Å². The summed E-state index contributed by atoms with van der Waals surface area (Å²) < 4.78 is 4.71. The highest BCUT2D eigenvalue weighted by molar-refractivity contribution is 5.46. The minimum Gasteiger partial charge on any atom is -0.383 e. The van der Waals surface area contributed by atoms with Crippen molar-refractivity contribution < 1.29 is 9.53 Å². The molecule has 0 saturated heterocycles. The molecule has 0 N–H and O–H groups in total. The lowest BCUT2D eigenvalue weighted by molar-refractivity contribution is -0.117. The number of carbonyl (C=O) groups is 1. The van der Waals surface area contributed by atoms with Gasteiger partial charge in [-0.25, -0.2) is 0 Å². The molecule has 3 heteroatoms. The van der Waals surface area contributed by atoms with E-state index in [0.29, 0.717) is 13.2 Å². The topological polar surface area (TPSA) is 29.5 Å². The molecule has 0 spiro atoms. The summed E-state index contributed by atoms with van der Waals surface area (Å²) in [6, 6.07) is 0. The number of carbonyl (C=O) groups excluding carboxylic acids is 1. The number of hydrogen-bond acceptors (Lipinski definition) is 2. The first-order valence-electron chi connectivity index (χ1n) is 3.45. The number of hydrogen-bond donors (Lipinski definition) is 0. The van der Waals surface area contributed by atoms with Crippen LogP contribution >= 0.6 is 0 Å². The molecule has 0 aliphatic carbocycles. The lowest BCUT2D eigenvalue weighted by Crippen LogP contribution is -2.20. The number of likely N-dealkylation sites (N-methyl/N-ethyl adjacent to an activating group) is 1. The fourth-order valence-electron chi connectivity index (χ4n) is 0.288. The predicted octanol–water partition coefficient (Wildman–Crippen LogP) is 0.747. The molecule has 0 heterocycles. The number of nitrogens with zero attached hydrogens (tertiary/aromatic N) is 1. The molecule has 0 radical (unpaired) electrons. The second kappa shape index (κ2) is 11.3. The summed E-state index contributed by atoms with van der Waals surface area (Å²) in [6.07, 6.45) is 0.777. The average Bonchev–Trinajstić information content (AvgIpc) is 2.04. The Hall–Kier alpha value is -0.570. The maximum absolute atomic E-state index is 9.88. The zero-order valence-electron chi connectivity index (χ0n) is 7.26. The molecule has 0 unspecified atom stereocenters. The fourth-order valence-corrected chi connectivity index (χ4v) is 0.288. The van der Waals surface area contributed by atoms with Crippen LogP contribution in [0.5, 0.6) is 0 Å². The van der Waals surface area contributed by atoms with Gasteiger partial charge >= 0.3 is 0 Å². The monoisotopic (exact) mass is 147 g/mol. The highest BCUT2D eigenvalue weighted by Gasteiger charge is 1.88. The van der Waals surface area contributed by atoms with E-state index in [-0.39, 0.29) is 0 Å². The fraction of sp³-hybridized carbons (Fsp3) is 0.857. The minimum absolute atomic E-state index is 0.606. The lowest BCUT2D eigenvalue weighted by Gasteiger charge is -2.07. The van der Waals surface area contributed by atoms with Crippen LogP contribution < -0.4 is 0 Å². The van der Waals surface area contributed by atoms with Gasteiger partial charge in [-0.15, -0.1) is 0 Å². The van der Waals surface area contributed by atoms with Crippen LogP contribution in [-0.4, -0.2) is 38.6 Å². The summed E-state index contributed by atoms with van der Waals surface area (Å²) in [5.74, 6) is 0. The van der Waals surface area contributed by atoms with Crippen molar-refractivity contribution in [3.8, 4) is 0 Å². The van der Waals surface area contributed by atoms with Gasteiger partial charge in [0.25, 0.3) is 0 Å². The van der Waals surface area contributed by atoms with Gasteiger partial charge in [0, 0.05) is 20.7 Å². The molecule has 0 aromatic rings. The SMILES string of the molecule is CC.COCCN(C)C=O. The molecule has 3 nitrogen and oxygen atoms in total. The molecular weight excluding hydrogens is 130 g/mol. The van der Waals surface area contributed by atoms with Crippen LogP contribution in [0.15, 0.2) is 0 Å². The molecule has 0 saturated carbocycles. The molecule has 0 bridgehead atoms. The van der Waals surface area contributed by atoms with Crippen LogP contribution in [0.4, 0.5) is 0 Å². The average molecular weight is 147 g/mol. The van der Waals surface area contributed by atoms with Crippen LogP contribution in [0, 0.1) is 0 Å². The molecule has 0 aliphatic heterocycles. The first-order valence-corrected chi connectivity index (χ1v) is 3.45. The van der Waals surface area contributed by atoms with E-state index in [0.717, 1.165) is 6.41 Å². The molecular formula is C7H17NO2. The Bertz CT molecular complexity index is 66.6. The first-order chi connectivity index (χ1) is 4.81. The van der Waals surface area contributed by atoms with Gasteiger partial charge in [0.1, 0.15) is 0 Å². The van der Waals surface area contributed by atoms with E-state index in [1.807, 2.05) is 13.8 Å². The molecule has 0 aromatic carbocycles. The van der Waals surface area contributed by atoms with Crippen LogP contribution in [0.2, 0.25) is 0 Å². The van der Waals surface area contributed by atoms with E-state index < -0.39 is 0 Å². The molecule has 0 aliphatic rings. The minimum atomic E-state index is 0.606.